The highest BCUT2D eigenvalue weighted by atomic mass is 79.9. The maximum atomic E-state index is 11.5. The first-order valence-electron chi connectivity index (χ1n) is 7.65. The number of H-pyrrole nitrogens is 1. The number of nitrogens with one attached hydrogen (secondary N) is 1. The van der Waals surface area contributed by atoms with E-state index in [0.29, 0.717) is 11.0 Å². The first-order valence-corrected chi connectivity index (χ1v) is 8.44. The number of fused-ring (bicyclic) bond motifs is 3. The lowest BCUT2D eigenvalue weighted by Crippen LogP contribution is -2.25. The van der Waals surface area contributed by atoms with Crippen LogP contribution < -0.4 is 0 Å². The van der Waals surface area contributed by atoms with Crippen molar-refractivity contribution in [1.82, 2.24) is 4.98 Å². The molecule has 4 rings (SSSR count). The number of carbonyl (C=O) groups is 1. The molecule has 0 atom stereocenters. The van der Waals surface area contributed by atoms with Crippen molar-refractivity contribution in [3.63, 3.8) is 0 Å². The van der Waals surface area contributed by atoms with Gasteiger partial charge in [0.2, 0.25) is 0 Å². The zero-order valence-corrected chi connectivity index (χ0v) is 13.4. The third-order valence-electron chi connectivity index (χ3n) is 5.45. The Morgan fingerprint density at radius 3 is 2.71 bits per heavy atom. The highest BCUT2D eigenvalue weighted by Crippen LogP contribution is 2.50. The van der Waals surface area contributed by atoms with Crippen LogP contribution >= 0.6 is 15.9 Å². The van der Waals surface area contributed by atoms with E-state index in [1.165, 1.54) is 43.4 Å². The molecule has 0 amide bonds. The fraction of sp³-hybridized carbons (Fsp3) is 0.471. The number of aromatic carboxylic acids is 1. The van der Waals surface area contributed by atoms with Gasteiger partial charge in [0.15, 0.2) is 0 Å². The number of aromatic nitrogens is 1. The topological polar surface area (TPSA) is 53.1 Å². The molecule has 1 heterocycles. The summed E-state index contributed by atoms with van der Waals surface area (Å²) < 4.78 is 1.01. The molecule has 1 spiro atoms. The summed E-state index contributed by atoms with van der Waals surface area (Å²) in [5.41, 5.74) is 4.24. The molecule has 2 aliphatic carbocycles. The van der Waals surface area contributed by atoms with Crippen LogP contribution in [0.3, 0.4) is 0 Å². The molecule has 1 aromatic heterocycles. The van der Waals surface area contributed by atoms with Crippen LogP contribution in [0.25, 0.3) is 10.9 Å². The number of hydrogen-bond donors (Lipinski definition) is 2. The van der Waals surface area contributed by atoms with Crippen molar-refractivity contribution >= 4 is 32.8 Å². The third kappa shape index (κ3) is 1.95. The van der Waals surface area contributed by atoms with E-state index in [1.807, 2.05) is 6.07 Å². The van der Waals surface area contributed by atoms with Gasteiger partial charge in [0.25, 0.3) is 0 Å². The van der Waals surface area contributed by atoms with Crippen molar-refractivity contribution in [3.05, 3.63) is 33.4 Å². The van der Waals surface area contributed by atoms with Crippen molar-refractivity contribution < 1.29 is 9.90 Å². The second kappa shape index (κ2) is 4.60. The maximum Gasteiger partial charge on any atom is 0.337 e. The van der Waals surface area contributed by atoms with E-state index in [2.05, 4.69) is 20.9 Å². The Morgan fingerprint density at radius 1 is 1.24 bits per heavy atom. The van der Waals surface area contributed by atoms with Gasteiger partial charge in [0, 0.05) is 15.6 Å². The first-order chi connectivity index (χ1) is 10.1. The number of rotatable bonds is 1. The number of halogens is 1. The molecule has 2 N–H and O–H groups in total. The molecular formula is C17H18BrNO2. The van der Waals surface area contributed by atoms with Crippen LogP contribution in [-0.4, -0.2) is 16.1 Å². The van der Waals surface area contributed by atoms with Crippen LogP contribution in [0.4, 0.5) is 0 Å². The Morgan fingerprint density at radius 2 is 2.00 bits per heavy atom. The molecule has 0 aliphatic heterocycles. The number of hydrogen-bond acceptors (Lipinski definition) is 1. The predicted octanol–water partition coefficient (Wildman–Crippen LogP) is 4.68. The van der Waals surface area contributed by atoms with Crippen molar-refractivity contribution in [2.24, 2.45) is 5.41 Å². The number of aromatic amines is 1. The van der Waals surface area contributed by atoms with E-state index >= 15 is 0 Å². The normalized spacial score (nSPS) is 20.0. The third-order valence-corrected chi connectivity index (χ3v) is 6.11. The van der Waals surface area contributed by atoms with Crippen molar-refractivity contribution in [2.75, 3.05) is 0 Å². The van der Waals surface area contributed by atoms with Crippen LogP contribution in [0.5, 0.6) is 0 Å². The summed E-state index contributed by atoms with van der Waals surface area (Å²) >= 11 is 3.62. The summed E-state index contributed by atoms with van der Waals surface area (Å²) in [6.45, 7) is 0. The number of aryl methyl sites for hydroxylation is 1. The van der Waals surface area contributed by atoms with Crippen LogP contribution in [0.2, 0.25) is 0 Å². The second-order valence-electron chi connectivity index (χ2n) is 6.62. The minimum atomic E-state index is -0.860. The summed E-state index contributed by atoms with van der Waals surface area (Å²) in [7, 11) is 0. The van der Waals surface area contributed by atoms with E-state index in [0.717, 1.165) is 28.2 Å². The lowest BCUT2D eigenvalue weighted by Gasteiger charge is -2.33. The van der Waals surface area contributed by atoms with E-state index < -0.39 is 5.97 Å². The molecule has 110 valence electrons. The summed E-state index contributed by atoms with van der Waals surface area (Å²) in [6, 6.07) is 3.55. The summed E-state index contributed by atoms with van der Waals surface area (Å²) in [6.07, 6.45) is 8.75. The van der Waals surface area contributed by atoms with Gasteiger partial charge in [-0.05, 0) is 55.2 Å². The number of carboxylic acids is 1. The second-order valence-corrected chi connectivity index (χ2v) is 7.47. The molecule has 1 fully saturated rings. The van der Waals surface area contributed by atoms with Crippen molar-refractivity contribution in [1.29, 1.82) is 0 Å². The largest absolute Gasteiger partial charge is 0.478 e. The van der Waals surface area contributed by atoms with E-state index in [9.17, 15) is 9.90 Å². The summed E-state index contributed by atoms with van der Waals surface area (Å²) in [5.74, 6) is -0.860. The van der Waals surface area contributed by atoms with Crippen LogP contribution in [-0.2, 0) is 12.8 Å². The highest BCUT2D eigenvalue weighted by molar-refractivity contribution is 9.10. The average molecular weight is 348 g/mol. The van der Waals surface area contributed by atoms with E-state index in [1.54, 1.807) is 6.07 Å². The zero-order chi connectivity index (χ0) is 14.6. The molecule has 1 saturated carbocycles. The molecule has 0 saturated heterocycles. The minimum absolute atomic E-state index is 0.378. The van der Waals surface area contributed by atoms with E-state index in [-0.39, 0.29) is 0 Å². The Hall–Kier alpha value is -1.29. The van der Waals surface area contributed by atoms with E-state index in [4.69, 9.17) is 0 Å². The lowest BCUT2D eigenvalue weighted by molar-refractivity contribution is 0.0699. The molecule has 0 bridgehead atoms. The molecule has 0 unspecified atom stereocenters. The number of carboxylic acid groups (broad SMARTS) is 1. The fourth-order valence-corrected chi connectivity index (χ4v) is 4.94. The van der Waals surface area contributed by atoms with Gasteiger partial charge in [-0.15, -0.1) is 0 Å². The Kier molecular flexibility index (Phi) is 2.93. The molecule has 4 heteroatoms. The van der Waals surface area contributed by atoms with Gasteiger partial charge in [-0.3, -0.25) is 0 Å². The maximum absolute atomic E-state index is 11.5. The van der Waals surface area contributed by atoms with Crippen LogP contribution in [0.1, 0.15) is 53.7 Å². The SMILES string of the molecule is O=C(O)c1ccc(Br)c2c3c([nH]c12)CCC1(CCCC1)C3. The monoisotopic (exact) mass is 347 g/mol. The minimum Gasteiger partial charge on any atom is -0.478 e. The summed E-state index contributed by atoms with van der Waals surface area (Å²) in [4.78, 5) is 14.9. The molecule has 0 radical (unpaired) electrons. The van der Waals surface area contributed by atoms with Gasteiger partial charge in [0.1, 0.15) is 0 Å². The fourth-order valence-electron chi connectivity index (χ4n) is 4.37. The van der Waals surface area contributed by atoms with Crippen LogP contribution in [0.15, 0.2) is 16.6 Å². The molecule has 1 aromatic carbocycles. The molecular weight excluding hydrogens is 330 g/mol. The smallest absolute Gasteiger partial charge is 0.337 e. The molecule has 2 aromatic rings. The first kappa shape index (κ1) is 13.4. The Labute approximate surface area is 131 Å². The van der Waals surface area contributed by atoms with Crippen molar-refractivity contribution in [3.8, 4) is 0 Å². The average Bonchev–Trinajstić information content (AvgIpc) is 3.04. The van der Waals surface area contributed by atoms with Gasteiger partial charge < -0.3 is 10.1 Å². The standard InChI is InChI=1S/C17H18BrNO2/c18-12-4-3-10(16(20)21)15-14(12)11-9-17(6-1-2-7-17)8-5-13(11)19-15/h3-4,19H,1-2,5-9H2,(H,20,21). The predicted molar refractivity (Wildman–Crippen MR) is 85.9 cm³/mol. The zero-order valence-electron chi connectivity index (χ0n) is 11.8. The Bertz CT molecular complexity index is 741. The summed E-state index contributed by atoms with van der Waals surface area (Å²) in [5, 5.41) is 10.5. The van der Waals surface area contributed by atoms with Crippen molar-refractivity contribution in [2.45, 2.75) is 44.9 Å². The van der Waals surface area contributed by atoms with Crippen LogP contribution in [0, 0.1) is 5.41 Å². The van der Waals surface area contributed by atoms with Gasteiger partial charge in [-0.25, -0.2) is 4.79 Å². The highest BCUT2D eigenvalue weighted by Gasteiger charge is 2.38. The lowest BCUT2D eigenvalue weighted by atomic mass is 9.71. The number of benzene rings is 1. The molecule has 21 heavy (non-hydrogen) atoms. The van der Waals surface area contributed by atoms with Gasteiger partial charge in [-0.2, -0.15) is 0 Å². The molecule has 3 nitrogen and oxygen atoms in total. The van der Waals surface area contributed by atoms with Gasteiger partial charge in [-0.1, -0.05) is 28.8 Å². The van der Waals surface area contributed by atoms with Gasteiger partial charge >= 0.3 is 5.97 Å². The van der Waals surface area contributed by atoms with Gasteiger partial charge in [0.05, 0.1) is 11.1 Å². The quantitative estimate of drug-likeness (QED) is 0.786. The Balaban J connectivity index is 1.92. The molecule has 2 aliphatic rings.